The van der Waals surface area contributed by atoms with Crippen molar-refractivity contribution in [2.75, 3.05) is 6.61 Å². The van der Waals surface area contributed by atoms with Gasteiger partial charge in [-0.25, -0.2) is 0 Å². The van der Waals surface area contributed by atoms with E-state index >= 15 is 0 Å². The zero-order chi connectivity index (χ0) is 34.6. The second-order valence-electron chi connectivity index (χ2n) is 15.7. The van der Waals surface area contributed by atoms with E-state index in [2.05, 4.69) is 163 Å². The maximum absolute atomic E-state index is 6.56. The SMILES string of the molecule is C=C/C=C(\C=C/COc1ccc(C(C)(C)C)c2ccccc12)C1(c2ccc(Oc3ccc(C(C)(C)C)c4ccccc34)cc2)CCCCC1. The van der Waals surface area contributed by atoms with Crippen LogP contribution in [0.25, 0.3) is 21.5 Å². The second kappa shape index (κ2) is 14.1. The van der Waals surface area contributed by atoms with E-state index in [9.17, 15) is 0 Å². The van der Waals surface area contributed by atoms with Gasteiger partial charge in [-0.05, 0) is 87.0 Å². The number of fused-ring (bicyclic) bond motifs is 2. The molecular formula is C47H52O2. The molecule has 0 aliphatic heterocycles. The molecule has 0 unspecified atom stereocenters. The van der Waals surface area contributed by atoms with Gasteiger partial charge in [0, 0.05) is 16.2 Å². The highest BCUT2D eigenvalue weighted by Gasteiger charge is 2.36. The van der Waals surface area contributed by atoms with Gasteiger partial charge in [0.1, 0.15) is 23.9 Å². The van der Waals surface area contributed by atoms with Crippen LogP contribution in [-0.4, -0.2) is 6.61 Å². The Balaban J connectivity index is 1.24. The van der Waals surface area contributed by atoms with Crippen LogP contribution in [0.2, 0.25) is 0 Å². The summed E-state index contributed by atoms with van der Waals surface area (Å²) >= 11 is 0. The molecule has 0 radical (unpaired) electrons. The monoisotopic (exact) mass is 648 g/mol. The fraction of sp³-hybridized carbons (Fsp3) is 0.319. The minimum atomic E-state index is -0.0798. The number of hydrogen-bond donors (Lipinski definition) is 0. The second-order valence-corrected chi connectivity index (χ2v) is 15.7. The summed E-state index contributed by atoms with van der Waals surface area (Å²) in [4.78, 5) is 0. The number of benzene rings is 5. The van der Waals surface area contributed by atoms with E-state index in [1.54, 1.807) is 0 Å². The molecule has 49 heavy (non-hydrogen) atoms. The van der Waals surface area contributed by atoms with Crippen molar-refractivity contribution in [1.82, 2.24) is 0 Å². The van der Waals surface area contributed by atoms with Crippen molar-refractivity contribution in [3.05, 3.63) is 150 Å². The molecule has 0 amide bonds. The highest BCUT2D eigenvalue weighted by Crippen LogP contribution is 2.46. The first kappa shape index (κ1) is 34.3. The predicted octanol–water partition coefficient (Wildman–Crippen LogP) is 13.3. The third-order valence-corrected chi connectivity index (χ3v) is 10.2. The van der Waals surface area contributed by atoms with Gasteiger partial charge < -0.3 is 9.47 Å². The van der Waals surface area contributed by atoms with Crippen LogP contribution in [0.4, 0.5) is 0 Å². The Morgan fingerprint density at radius 3 is 1.73 bits per heavy atom. The Labute approximate surface area is 294 Å². The van der Waals surface area contributed by atoms with Gasteiger partial charge in [-0.3, -0.25) is 0 Å². The molecule has 0 atom stereocenters. The first-order valence-corrected chi connectivity index (χ1v) is 18.0. The predicted molar refractivity (Wildman–Crippen MR) is 209 cm³/mol. The summed E-state index contributed by atoms with van der Waals surface area (Å²) in [6, 6.07) is 34.7. The van der Waals surface area contributed by atoms with Gasteiger partial charge in [-0.15, -0.1) is 0 Å². The summed E-state index contributed by atoms with van der Waals surface area (Å²) < 4.78 is 13.0. The Kier molecular flexibility index (Phi) is 9.89. The van der Waals surface area contributed by atoms with Crippen LogP contribution >= 0.6 is 0 Å². The maximum atomic E-state index is 6.56. The molecule has 1 saturated carbocycles. The van der Waals surface area contributed by atoms with Crippen molar-refractivity contribution in [2.24, 2.45) is 0 Å². The van der Waals surface area contributed by atoms with Crippen LogP contribution in [0.1, 0.15) is 90.3 Å². The Morgan fingerprint density at radius 2 is 1.18 bits per heavy atom. The van der Waals surface area contributed by atoms with Gasteiger partial charge in [0.2, 0.25) is 0 Å². The van der Waals surface area contributed by atoms with E-state index in [4.69, 9.17) is 9.47 Å². The zero-order valence-corrected chi connectivity index (χ0v) is 30.3. The number of rotatable bonds is 9. The highest BCUT2D eigenvalue weighted by molar-refractivity contribution is 5.92. The van der Waals surface area contributed by atoms with Crippen molar-refractivity contribution in [2.45, 2.75) is 89.9 Å². The van der Waals surface area contributed by atoms with Crippen LogP contribution in [0.5, 0.6) is 17.2 Å². The summed E-state index contributed by atoms with van der Waals surface area (Å²) in [6.07, 6.45) is 14.5. The summed E-state index contributed by atoms with van der Waals surface area (Å²) in [5.41, 5.74) is 5.32. The standard InChI is InChI=1S/C47H52O2/c1-8-17-34(18-16-33-48-43-29-27-41(45(2,3)4)37-19-10-12-21-39(37)43)47(31-14-9-15-32-47)35-23-25-36(26-24-35)49-44-30-28-42(46(5,6)7)38-20-11-13-22-40(38)44/h8,10-13,16-30H,1,9,14-15,31-33H2,2-7H3/b18-16-,34-17+. The number of allylic oxidation sites excluding steroid dienone is 4. The molecule has 5 aromatic carbocycles. The minimum absolute atomic E-state index is 0.0530. The summed E-state index contributed by atoms with van der Waals surface area (Å²) in [7, 11) is 0. The first-order valence-electron chi connectivity index (χ1n) is 18.0. The molecule has 252 valence electrons. The molecule has 1 fully saturated rings. The fourth-order valence-electron chi connectivity index (χ4n) is 7.75. The van der Waals surface area contributed by atoms with Crippen molar-refractivity contribution in [3.8, 4) is 17.2 Å². The van der Waals surface area contributed by atoms with Gasteiger partial charge in [0.15, 0.2) is 0 Å². The lowest BCUT2D eigenvalue weighted by Gasteiger charge is -2.39. The van der Waals surface area contributed by atoms with Crippen molar-refractivity contribution < 1.29 is 9.47 Å². The molecule has 0 spiro atoms. The van der Waals surface area contributed by atoms with E-state index in [0.29, 0.717) is 6.61 Å². The Morgan fingerprint density at radius 1 is 0.653 bits per heavy atom. The van der Waals surface area contributed by atoms with Gasteiger partial charge in [-0.2, -0.15) is 0 Å². The van der Waals surface area contributed by atoms with E-state index in [1.165, 1.54) is 52.3 Å². The van der Waals surface area contributed by atoms with E-state index < -0.39 is 0 Å². The zero-order valence-electron chi connectivity index (χ0n) is 30.3. The smallest absolute Gasteiger partial charge is 0.135 e. The Bertz CT molecular complexity index is 1990. The molecule has 0 aromatic heterocycles. The third kappa shape index (κ3) is 7.25. The van der Waals surface area contributed by atoms with Crippen molar-refractivity contribution in [3.63, 3.8) is 0 Å². The quantitative estimate of drug-likeness (QED) is 0.148. The van der Waals surface area contributed by atoms with Crippen LogP contribution in [0.3, 0.4) is 0 Å². The molecule has 0 N–H and O–H groups in total. The minimum Gasteiger partial charge on any atom is -0.489 e. The number of hydrogen-bond acceptors (Lipinski definition) is 2. The lowest BCUT2D eigenvalue weighted by molar-refractivity contribution is 0.343. The summed E-state index contributed by atoms with van der Waals surface area (Å²) in [5.74, 6) is 2.66. The topological polar surface area (TPSA) is 18.5 Å². The van der Waals surface area contributed by atoms with Gasteiger partial charge in [0.05, 0.1) is 0 Å². The molecule has 1 aliphatic rings. The van der Waals surface area contributed by atoms with E-state index in [-0.39, 0.29) is 16.2 Å². The summed E-state index contributed by atoms with van der Waals surface area (Å²) in [6.45, 7) is 18.2. The molecule has 0 heterocycles. The first-order chi connectivity index (χ1) is 23.5. The van der Waals surface area contributed by atoms with Crippen molar-refractivity contribution >= 4 is 21.5 Å². The summed E-state index contributed by atoms with van der Waals surface area (Å²) in [5, 5.41) is 4.81. The van der Waals surface area contributed by atoms with Crippen LogP contribution in [0.15, 0.2) is 134 Å². The third-order valence-electron chi connectivity index (χ3n) is 10.2. The van der Waals surface area contributed by atoms with Gasteiger partial charge in [-0.1, -0.05) is 158 Å². The fourth-order valence-corrected chi connectivity index (χ4v) is 7.75. The molecule has 6 rings (SSSR count). The lowest BCUT2D eigenvalue weighted by atomic mass is 9.64. The van der Waals surface area contributed by atoms with Crippen LogP contribution in [-0.2, 0) is 16.2 Å². The van der Waals surface area contributed by atoms with Gasteiger partial charge >= 0.3 is 0 Å². The largest absolute Gasteiger partial charge is 0.489 e. The lowest BCUT2D eigenvalue weighted by Crippen LogP contribution is -2.31. The maximum Gasteiger partial charge on any atom is 0.135 e. The average molecular weight is 649 g/mol. The number of ether oxygens (including phenoxy) is 2. The van der Waals surface area contributed by atoms with Crippen LogP contribution in [0, 0.1) is 0 Å². The van der Waals surface area contributed by atoms with Gasteiger partial charge in [0.25, 0.3) is 0 Å². The Hall–Kier alpha value is -4.56. The highest BCUT2D eigenvalue weighted by atomic mass is 16.5. The molecule has 2 heteroatoms. The average Bonchev–Trinajstić information content (AvgIpc) is 3.09. The van der Waals surface area contributed by atoms with E-state index in [1.807, 2.05) is 6.08 Å². The van der Waals surface area contributed by atoms with E-state index in [0.717, 1.165) is 40.9 Å². The normalized spacial score (nSPS) is 15.5. The molecule has 0 saturated heterocycles. The molecule has 2 nitrogen and oxygen atoms in total. The van der Waals surface area contributed by atoms with Crippen molar-refractivity contribution in [1.29, 1.82) is 0 Å². The molecule has 1 aliphatic carbocycles. The van der Waals surface area contributed by atoms with Crippen LogP contribution < -0.4 is 9.47 Å². The molecule has 5 aromatic rings. The molecular weight excluding hydrogens is 597 g/mol. The molecule has 0 bridgehead atoms.